The van der Waals surface area contributed by atoms with Crippen LogP contribution in [0.3, 0.4) is 0 Å². The number of hydrogen-bond donors (Lipinski definition) is 2. The molecule has 9 nitrogen and oxygen atoms in total. The summed E-state index contributed by atoms with van der Waals surface area (Å²) < 4.78 is 26.0. The van der Waals surface area contributed by atoms with Crippen LogP contribution in [0, 0.1) is 0 Å². The van der Waals surface area contributed by atoms with Crippen molar-refractivity contribution in [1.82, 2.24) is 14.7 Å². The van der Waals surface area contributed by atoms with Gasteiger partial charge in [0.05, 0.1) is 9.49 Å². The number of hydrogen-bond acceptors (Lipinski definition) is 6. The summed E-state index contributed by atoms with van der Waals surface area (Å²) in [5, 5.41) is 22.5. The van der Waals surface area contributed by atoms with E-state index in [1.54, 1.807) is 11.8 Å². The highest BCUT2D eigenvalue weighted by Gasteiger charge is 2.65. The second-order valence-electron chi connectivity index (χ2n) is 8.39. The zero-order chi connectivity index (χ0) is 20.3. The van der Waals surface area contributed by atoms with Crippen LogP contribution < -0.4 is 0 Å². The molecular weight excluding hydrogens is 386 g/mol. The van der Waals surface area contributed by atoms with E-state index in [4.69, 9.17) is 5.11 Å². The lowest BCUT2D eigenvalue weighted by atomic mass is 10.0. The number of fused-ring (bicyclic) bond motifs is 1. The van der Waals surface area contributed by atoms with Crippen molar-refractivity contribution in [3.05, 3.63) is 17.0 Å². The Balaban J connectivity index is 1.63. The number of sulfone groups is 1. The number of aromatic carboxylic acids is 1. The molecule has 28 heavy (non-hydrogen) atoms. The van der Waals surface area contributed by atoms with Gasteiger partial charge in [-0.1, -0.05) is 0 Å². The molecule has 1 aliphatic heterocycles. The first-order valence-corrected chi connectivity index (χ1v) is 11.1. The van der Waals surface area contributed by atoms with E-state index in [1.165, 1.54) is 4.68 Å². The summed E-state index contributed by atoms with van der Waals surface area (Å²) in [6.07, 6.45) is 3.14. The van der Waals surface area contributed by atoms with Crippen molar-refractivity contribution >= 4 is 21.7 Å². The van der Waals surface area contributed by atoms with Crippen LogP contribution in [-0.4, -0.2) is 74.4 Å². The highest BCUT2D eigenvalue weighted by Crippen LogP contribution is 2.56. The standard InChI is InChI=1S/C18H25N3O6S/c1-17(4-5-17)28(26,27)18(6-7-18)11-20-9-3-12-13(16(24)25)19-21(8-2-10-22)14(12)15(20)23/h22H,2-11H2,1H3,(H,24,25). The van der Waals surface area contributed by atoms with Gasteiger partial charge < -0.3 is 15.1 Å². The molecule has 0 atom stereocenters. The monoisotopic (exact) mass is 411 g/mol. The van der Waals surface area contributed by atoms with E-state index >= 15 is 0 Å². The highest BCUT2D eigenvalue weighted by atomic mass is 32.2. The van der Waals surface area contributed by atoms with Gasteiger partial charge in [0.2, 0.25) is 0 Å². The lowest BCUT2D eigenvalue weighted by Crippen LogP contribution is -2.48. The zero-order valence-electron chi connectivity index (χ0n) is 15.8. The van der Waals surface area contributed by atoms with Gasteiger partial charge >= 0.3 is 5.97 Å². The van der Waals surface area contributed by atoms with E-state index in [1.807, 2.05) is 0 Å². The lowest BCUT2D eigenvalue weighted by molar-refractivity contribution is 0.0688. The van der Waals surface area contributed by atoms with E-state index in [0.717, 1.165) is 0 Å². The summed E-state index contributed by atoms with van der Waals surface area (Å²) in [7, 11) is -3.33. The van der Waals surface area contributed by atoms with Crippen LogP contribution in [0.25, 0.3) is 0 Å². The van der Waals surface area contributed by atoms with E-state index in [0.29, 0.717) is 44.1 Å². The minimum absolute atomic E-state index is 0.102. The van der Waals surface area contributed by atoms with Gasteiger partial charge in [0.1, 0.15) is 5.69 Å². The Labute approximate surface area is 163 Å². The van der Waals surface area contributed by atoms with Crippen molar-refractivity contribution in [2.75, 3.05) is 19.7 Å². The average Bonchev–Trinajstić information content (AvgIpc) is 3.55. The molecule has 4 rings (SSSR count). The van der Waals surface area contributed by atoms with Crippen molar-refractivity contribution in [1.29, 1.82) is 0 Å². The second kappa shape index (κ2) is 6.28. The van der Waals surface area contributed by atoms with Crippen LogP contribution in [0.5, 0.6) is 0 Å². The Morgan fingerprint density at radius 3 is 2.46 bits per heavy atom. The molecule has 2 aliphatic carbocycles. The van der Waals surface area contributed by atoms with Gasteiger partial charge in [-0.15, -0.1) is 0 Å². The molecule has 2 fully saturated rings. The van der Waals surface area contributed by atoms with Gasteiger partial charge in [-0.3, -0.25) is 9.48 Å². The number of aromatic nitrogens is 2. The second-order valence-corrected chi connectivity index (χ2v) is 11.3. The molecule has 2 saturated carbocycles. The normalized spacial score (nSPS) is 22.1. The Morgan fingerprint density at radius 2 is 1.93 bits per heavy atom. The van der Waals surface area contributed by atoms with E-state index in [9.17, 15) is 23.1 Å². The first-order valence-electron chi connectivity index (χ1n) is 9.63. The predicted octanol–water partition coefficient (Wildman–Crippen LogP) is 0.462. The maximum Gasteiger partial charge on any atom is 0.356 e. The van der Waals surface area contributed by atoms with Crippen molar-refractivity contribution in [2.45, 2.75) is 61.5 Å². The molecule has 0 aromatic carbocycles. The Bertz CT molecular complexity index is 943. The fourth-order valence-electron chi connectivity index (χ4n) is 4.14. The van der Waals surface area contributed by atoms with Crippen molar-refractivity contribution in [2.24, 2.45) is 0 Å². The third kappa shape index (κ3) is 2.76. The molecule has 0 unspecified atom stereocenters. The average molecular weight is 411 g/mol. The molecule has 1 amide bonds. The molecule has 1 aromatic heterocycles. The first-order chi connectivity index (χ1) is 13.2. The largest absolute Gasteiger partial charge is 0.476 e. The van der Waals surface area contributed by atoms with Crippen LogP contribution in [0.2, 0.25) is 0 Å². The fourth-order valence-corrected chi connectivity index (χ4v) is 6.80. The fraction of sp³-hybridized carbons (Fsp3) is 0.722. The minimum atomic E-state index is -3.33. The van der Waals surface area contributed by atoms with Crippen molar-refractivity contribution < 1.29 is 28.2 Å². The van der Waals surface area contributed by atoms with Gasteiger partial charge in [-0.05, 0) is 45.4 Å². The van der Waals surface area contributed by atoms with Crippen LogP contribution in [0.15, 0.2) is 0 Å². The number of aliphatic hydroxyl groups excluding tert-OH is 1. The number of aliphatic hydroxyl groups is 1. The summed E-state index contributed by atoms with van der Waals surface area (Å²) in [6.45, 7) is 2.34. The predicted molar refractivity (Wildman–Crippen MR) is 99.0 cm³/mol. The number of nitrogens with zero attached hydrogens (tertiary/aromatic N) is 3. The van der Waals surface area contributed by atoms with Crippen molar-refractivity contribution in [3.8, 4) is 0 Å². The highest BCUT2D eigenvalue weighted by molar-refractivity contribution is 7.94. The summed E-state index contributed by atoms with van der Waals surface area (Å²) in [5.41, 5.74) is 0.469. The third-order valence-electron chi connectivity index (χ3n) is 6.36. The number of carboxylic acids is 1. The van der Waals surface area contributed by atoms with Gasteiger partial charge in [-0.2, -0.15) is 5.10 Å². The SMILES string of the molecule is CC1(S(=O)(=O)C2(CN3CCc4c(C(=O)O)nn(CCCO)c4C3=O)CC2)CC1. The summed E-state index contributed by atoms with van der Waals surface area (Å²) in [6, 6.07) is 0. The number of carbonyl (C=O) groups excluding carboxylic acids is 1. The van der Waals surface area contributed by atoms with Crippen LogP contribution in [-0.2, 0) is 22.8 Å². The minimum Gasteiger partial charge on any atom is -0.476 e. The molecule has 0 spiro atoms. The Morgan fingerprint density at radius 1 is 1.25 bits per heavy atom. The number of carboxylic acid groups (broad SMARTS) is 1. The molecule has 154 valence electrons. The Kier molecular flexibility index (Phi) is 4.35. The smallest absolute Gasteiger partial charge is 0.356 e. The summed E-state index contributed by atoms with van der Waals surface area (Å²) >= 11 is 0. The number of amides is 1. The quantitative estimate of drug-likeness (QED) is 0.636. The Hall–Kier alpha value is -1.94. The van der Waals surface area contributed by atoms with Gasteiger partial charge in [-0.25, -0.2) is 13.2 Å². The number of aryl methyl sites for hydroxylation is 1. The molecule has 2 heterocycles. The third-order valence-corrected chi connectivity index (χ3v) is 9.75. The number of carbonyl (C=O) groups is 2. The molecule has 0 saturated heterocycles. The molecular formula is C18H25N3O6S. The van der Waals surface area contributed by atoms with Crippen LogP contribution >= 0.6 is 0 Å². The van der Waals surface area contributed by atoms with Gasteiger partial charge in [0, 0.05) is 31.8 Å². The van der Waals surface area contributed by atoms with Gasteiger partial charge in [0.15, 0.2) is 15.5 Å². The summed E-state index contributed by atoms with van der Waals surface area (Å²) in [4.78, 5) is 26.2. The number of rotatable bonds is 8. The summed E-state index contributed by atoms with van der Waals surface area (Å²) in [5.74, 6) is -1.57. The topological polar surface area (TPSA) is 130 Å². The lowest BCUT2D eigenvalue weighted by Gasteiger charge is -2.32. The molecule has 0 radical (unpaired) electrons. The molecule has 3 aliphatic rings. The maximum atomic E-state index is 13.1. The van der Waals surface area contributed by atoms with E-state index in [2.05, 4.69) is 5.10 Å². The van der Waals surface area contributed by atoms with Crippen molar-refractivity contribution in [3.63, 3.8) is 0 Å². The molecule has 2 N–H and O–H groups in total. The molecule has 1 aromatic rings. The van der Waals surface area contributed by atoms with Crippen LogP contribution in [0.1, 0.15) is 65.6 Å². The van der Waals surface area contributed by atoms with E-state index in [-0.39, 0.29) is 43.5 Å². The van der Waals surface area contributed by atoms with E-state index < -0.39 is 25.3 Å². The van der Waals surface area contributed by atoms with Crippen LogP contribution in [0.4, 0.5) is 0 Å². The zero-order valence-corrected chi connectivity index (χ0v) is 16.7. The van der Waals surface area contributed by atoms with Gasteiger partial charge in [0.25, 0.3) is 5.91 Å². The maximum absolute atomic E-state index is 13.1. The molecule has 10 heteroatoms. The first kappa shape index (κ1) is 19.4. The molecule has 0 bridgehead atoms.